The van der Waals surface area contributed by atoms with Gasteiger partial charge in [-0.25, -0.2) is 0 Å². The second-order valence-corrected chi connectivity index (χ2v) is 4.38. The van der Waals surface area contributed by atoms with Crippen LogP contribution in [-0.4, -0.2) is 18.0 Å². The molecule has 1 aromatic rings. The molecule has 0 saturated carbocycles. The average molecular weight is 229 g/mol. The minimum absolute atomic E-state index is 0.688. The van der Waals surface area contributed by atoms with Gasteiger partial charge in [0, 0.05) is 10.0 Å². The molecule has 0 N–H and O–H groups in total. The van der Waals surface area contributed by atoms with E-state index >= 15 is 0 Å². The molecule has 0 unspecified atom stereocenters. The fourth-order valence-electron chi connectivity index (χ4n) is 1.67. The monoisotopic (exact) mass is 228 g/mol. The molecule has 2 rings (SSSR count). The van der Waals surface area contributed by atoms with E-state index in [-0.39, 0.29) is 0 Å². The number of benzene rings is 1. The van der Waals surface area contributed by atoms with E-state index in [1.165, 1.54) is 12.8 Å². The summed E-state index contributed by atoms with van der Waals surface area (Å²) in [5, 5.41) is 1.41. The van der Waals surface area contributed by atoms with E-state index in [0.29, 0.717) is 5.02 Å². The summed E-state index contributed by atoms with van der Waals surface area (Å²) < 4.78 is 0. The summed E-state index contributed by atoms with van der Waals surface area (Å²) in [5.74, 6) is 0. The van der Waals surface area contributed by atoms with Gasteiger partial charge in [0.2, 0.25) is 0 Å². The summed E-state index contributed by atoms with van der Waals surface area (Å²) in [6, 6.07) is 5.61. The van der Waals surface area contributed by atoms with Gasteiger partial charge in [-0.3, -0.25) is 4.90 Å². The Morgan fingerprint density at radius 2 is 1.86 bits per heavy atom. The molecule has 0 aromatic heterocycles. The Morgan fingerprint density at radius 1 is 1.14 bits per heavy atom. The molecule has 1 nitrogen and oxygen atoms in total. The number of halogens is 2. The van der Waals surface area contributed by atoms with Crippen molar-refractivity contribution in [1.82, 2.24) is 4.90 Å². The quantitative estimate of drug-likeness (QED) is 0.748. The Labute approximate surface area is 94.6 Å². The van der Waals surface area contributed by atoms with E-state index in [1.54, 1.807) is 6.07 Å². The normalized spacial score (nSPS) is 17.6. The van der Waals surface area contributed by atoms with Crippen LogP contribution in [0.15, 0.2) is 18.2 Å². The van der Waals surface area contributed by atoms with E-state index < -0.39 is 0 Å². The SMILES string of the molecule is Clc1ccc([CH]N2CCCC2)c(Cl)c1. The van der Waals surface area contributed by atoms with Crippen molar-refractivity contribution < 1.29 is 0 Å². The Kier molecular flexibility index (Phi) is 3.32. The highest BCUT2D eigenvalue weighted by molar-refractivity contribution is 6.35. The Balaban J connectivity index is 2.08. The van der Waals surface area contributed by atoms with Crippen LogP contribution < -0.4 is 0 Å². The maximum Gasteiger partial charge on any atom is 0.0560 e. The van der Waals surface area contributed by atoms with Gasteiger partial charge in [-0.15, -0.1) is 0 Å². The standard InChI is InChI=1S/C11H12Cl2N/c12-10-4-3-9(11(13)7-10)8-14-5-1-2-6-14/h3-4,7-8H,1-2,5-6H2. The zero-order chi connectivity index (χ0) is 9.97. The fraction of sp³-hybridized carbons (Fsp3) is 0.364. The molecule has 1 fully saturated rings. The van der Waals surface area contributed by atoms with Crippen LogP contribution in [0.2, 0.25) is 10.0 Å². The summed E-state index contributed by atoms with van der Waals surface area (Å²) in [5.41, 5.74) is 1.05. The van der Waals surface area contributed by atoms with E-state index in [4.69, 9.17) is 23.2 Å². The predicted octanol–water partition coefficient (Wildman–Crippen LogP) is 3.60. The summed E-state index contributed by atoms with van der Waals surface area (Å²) in [6.07, 6.45) is 2.56. The summed E-state index contributed by atoms with van der Waals surface area (Å²) in [7, 11) is 0. The van der Waals surface area contributed by atoms with E-state index in [2.05, 4.69) is 11.4 Å². The van der Waals surface area contributed by atoms with Gasteiger partial charge in [0.1, 0.15) is 0 Å². The zero-order valence-electron chi connectivity index (χ0n) is 7.84. The van der Waals surface area contributed by atoms with Crippen molar-refractivity contribution in [3.8, 4) is 0 Å². The van der Waals surface area contributed by atoms with Crippen molar-refractivity contribution in [2.24, 2.45) is 0 Å². The maximum atomic E-state index is 6.07. The molecule has 0 aliphatic carbocycles. The number of nitrogens with zero attached hydrogens (tertiary/aromatic N) is 1. The van der Waals surface area contributed by atoms with Gasteiger partial charge < -0.3 is 0 Å². The van der Waals surface area contributed by atoms with Crippen LogP contribution >= 0.6 is 23.2 Å². The van der Waals surface area contributed by atoms with Gasteiger partial charge in [0.15, 0.2) is 0 Å². The number of rotatable bonds is 2. The van der Waals surface area contributed by atoms with E-state index in [9.17, 15) is 0 Å². The molecule has 1 aliphatic heterocycles. The third-order valence-corrected chi connectivity index (χ3v) is 2.99. The summed E-state index contributed by atoms with van der Waals surface area (Å²) >= 11 is 11.9. The lowest BCUT2D eigenvalue weighted by molar-refractivity contribution is 0.428. The Bertz CT molecular complexity index is 319. The first kappa shape index (κ1) is 10.3. The Morgan fingerprint density at radius 3 is 2.50 bits per heavy atom. The van der Waals surface area contributed by atoms with Crippen LogP contribution in [0, 0.1) is 6.54 Å². The first-order chi connectivity index (χ1) is 6.75. The fourth-order valence-corrected chi connectivity index (χ4v) is 2.13. The first-order valence-electron chi connectivity index (χ1n) is 4.80. The van der Waals surface area contributed by atoms with Crippen LogP contribution in [0.4, 0.5) is 0 Å². The molecule has 1 heterocycles. The van der Waals surface area contributed by atoms with Gasteiger partial charge in [-0.2, -0.15) is 0 Å². The maximum absolute atomic E-state index is 6.07. The Hall–Kier alpha value is -0.240. The lowest BCUT2D eigenvalue weighted by Gasteiger charge is -2.14. The molecule has 14 heavy (non-hydrogen) atoms. The molecule has 1 aliphatic rings. The minimum Gasteiger partial charge on any atom is -0.294 e. The van der Waals surface area contributed by atoms with Gasteiger partial charge >= 0.3 is 0 Å². The van der Waals surface area contributed by atoms with Crippen molar-refractivity contribution in [3.05, 3.63) is 40.4 Å². The minimum atomic E-state index is 0.688. The zero-order valence-corrected chi connectivity index (χ0v) is 9.35. The number of hydrogen-bond acceptors (Lipinski definition) is 1. The molecular weight excluding hydrogens is 217 g/mol. The van der Waals surface area contributed by atoms with Gasteiger partial charge in [-0.1, -0.05) is 29.3 Å². The second-order valence-electron chi connectivity index (χ2n) is 3.54. The van der Waals surface area contributed by atoms with Crippen molar-refractivity contribution in [2.45, 2.75) is 12.8 Å². The molecule has 0 spiro atoms. The average Bonchev–Trinajstić information content (AvgIpc) is 2.62. The molecule has 0 bridgehead atoms. The highest BCUT2D eigenvalue weighted by atomic mass is 35.5. The van der Waals surface area contributed by atoms with Crippen LogP contribution in [0.5, 0.6) is 0 Å². The molecule has 0 atom stereocenters. The van der Waals surface area contributed by atoms with Crippen LogP contribution in [0.1, 0.15) is 18.4 Å². The number of likely N-dealkylation sites (tertiary alicyclic amines) is 1. The first-order valence-corrected chi connectivity index (χ1v) is 5.55. The summed E-state index contributed by atoms with van der Waals surface area (Å²) in [4.78, 5) is 2.30. The van der Waals surface area contributed by atoms with Crippen molar-refractivity contribution in [3.63, 3.8) is 0 Å². The van der Waals surface area contributed by atoms with E-state index in [1.807, 2.05) is 12.1 Å². The molecular formula is C11H12Cl2N. The lowest BCUT2D eigenvalue weighted by atomic mass is 10.2. The topological polar surface area (TPSA) is 3.24 Å². The smallest absolute Gasteiger partial charge is 0.0560 e. The molecule has 3 heteroatoms. The van der Waals surface area contributed by atoms with Crippen LogP contribution in [-0.2, 0) is 0 Å². The van der Waals surface area contributed by atoms with E-state index in [0.717, 1.165) is 23.7 Å². The largest absolute Gasteiger partial charge is 0.294 e. The van der Waals surface area contributed by atoms with Crippen molar-refractivity contribution in [2.75, 3.05) is 13.1 Å². The molecule has 1 aromatic carbocycles. The number of hydrogen-bond donors (Lipinski definition) is 0. The molecule has 1 radical (unpaired) electrons. The van der Waals surface area contributed by atoms with Gasteiger partial charge in [0.05, 0.1) is 6.54 Å². The van der Waals surface area contributed by atoms with Crippen LogP contribution in [0.3, 0.4) is 0 Å². The highest BCUT2D eigenvalue weighted by Gasteiger charge is 2.13. The third-order valence-electron chi connectivity index (χ3n) is 2.42. The summed E-state index contributed by atoms with van der Waals surface area (Å²) in [6.45, 7) is 4.39. The molecule has 0 amide bonds. The third kappa shape index (κ3) is 2.41. The van der Waals surface area contributed by atoms with Gasteiger partial charge in [0.25, 0.3) is 0 Å². The van der Waals surface area contributed by atoms with Gasteiger partial charge in [-0.05, 0) is 43.6 Å². The van der Waals surface area contributed by atoms with Crippen molar-refractivity contribution >= 4 is 23.2 Å². The highest BCUT2D eigenvalue weighted by Crippen LogP contribution is 2.24. The molecule has 1 saturated heterocycles. The van der Waals surface area contributed by atoms with Crippen molar-refractivity contribution in [1.29, 1.82) is 0 Å². The second kappa shape index (κ2) is 4.52. The van der Waals surface area contributed by atoms with Crippen LogP contribution in [0.25, 0.3) is 0 Å². The molecule has 75 valence electrons. The lowest BCUT2D eigenvalue weighted by Crippen LogP contribution is -2.16. The predicted molar refractivity (Wildman–Crippen MR) is 60.7 cm³/mol.